The van der Waals surface area contributed by atoms with Crippen LogP contribution in [0.4, 0.5) is 0 Å². The van der Waals surface area contributed by atoms with Gasteiger partial charge in [0.25, 0.3) is 5.91 Å². The molecule has 1 unspecified atom stereocenters. The van der Waals surface area contributed by atoms with Crippen LogP contribution in [-0.4, -0.2) is 40.4 Å². The van der Waals surface area contributed by atoms with Crippen molar-refractivity contribution in [2.24, 2.45) is 0 Å². The molecule has 1 N–H and O–H groups in total. The van der Waals surface area contributed by atoms with Crippen molar-refractivity contribution in [2.75, 3.05) is 19.8 Å². The van der Waals surface area contributed by atoms with E-state index in [1.54, 1.807) is 29.2 Å². The van der Waals surface area contributed by atoms with Crippen LogP contribution in [0.15, 0.2) is 61.2 Å². The maximum absolute atomic E-state index is 12.6. The van der Waals surface area contributed by atoms with Crippen molar-refractivity contribution in [1.82, 2.24) is 20.1 Å². The molecule has 0 fully saturated rings. The van der Waals surface area contributed by atoms with Crippen LogP contribution in [0.2, 0.25) is 0 Å². The number of carbonyl (C=O) groups is 1. The lowest BCUT2D eigenvalue weighted by Gasteiger charge is -2.20. The molecular weight excluding hydrogens is 332 g/mol. The van der Waals surface area contributed by atoms with Crippen molar-refractivity contribution >= 4 is 5.91 Å². The van der Waals surface area contributed by atoms with E-state index in [-0.39, 0.29) is 11.9 Å². The molecular formula is C19H18N4O3. The lowest BCUT2D eigenvalue weighted by molar-refractivity contribution is 0.0948. The Labute approximate surface area is 150 Å². The largest absolute Gasteiger partial charge is 0.486 e. The van der Waals surface area contributed by atoms with Crippen LogP contribution in [0.5, 0.6) is 11.5 Å². The Kier molecular flexibility index (Phi) is 4.51. The smallest absolute Gasteiger partial charge is 0.251 e. The number of carbonyl (C=O) groups excluding carboxylic acids is 1. The van der Waals surface area contributed by atoms with E-state index in [2.05, 4.69) is 15.4 Å². The summed E-state index contributed by atoms with van der Waals surface area (Å²) in [7, 11) is 0. The fraction of sp³-hybridized carbons (Fsp3) is 0.211. The second kappa shape index (κ2) is 7.26. The maximum Gasteiger partial charge on any atom is 0.251 e. The monoisotopic (exact) mass is 350 g/mol. The number of rotatable bonds is 5. The molecule has 2 heterocycles. The van der Waals surface area contributed by atoms with Crippen LogP contribution < -0.4 is 14.8 Å². The van der Waals surface area contributed by atoms with Gasteiger partial charge in [-0.1, -0.05) is 30.3 Å². The van der Waals surface area contributed by atoms with Crippen molar-refractivity contribution in [2.45, 2.75) is 6.04 Å². The number of aromatic nitrogens is 3. The van der Waals surface area contributed by atoms with Gasteiger partial charge in [-0.2, -0.15) is 5.10 Å². The van der Waals surface area contributed by atoms with E-state index in [4.69, 9.17) is 9.47 Å². The Bertz CT molecular complexity index is 881. The number of hydrogen-bond acceptors (Lipinski definition) is 5. The molecule has 1 amide bonds. The molecule has 4 rings (SSSR count). The third kappa shape index (κ3) is 3.37. The summed E-state index contributed by atoms with van der Waals surface area (Å²) in [5.74, 6) is 1.08. The third-order valence-corrected chi connectivity index (χ3v) is 4.20. The van der Waals surface area contributed by atoms with E-state index in [0.29, 0.717) is 36.8 Å². The first-order valence-corrected chi connectivity index (χ1v) is 8.38. The minimum atomic E-state index is -0.178. The third-order valence-electron chi connectivity index (χ3n) is 4.20. The number of nitrogens with zero attached hydrogens (tertiary/aromatic N) is 3. The Hall–Kier alpha value is -3.35. The number of fused-ring (bicyclic) bond motifs is 1. The Morgan fingerprint density at radius 3 is 2.69 bits per heavy atom. The molecule has 1 atom stereocenters. The molecule has 1 aliphatic rings. The van der Waals surface area contributed by atoms with E-state index in [1.807, 2.05) is 30.3 Å². The maximum atomic E-state index is 12.6. The predicted octanol–water partition coefficient (Wildman–Crippen LogP) is 2.07. The van der Waals surface area contributed by atoms with Gasteiger partial charge in [0.05, 0.1) is 6.04 Å². The summed E-state index contributed by atoms with van der Waals surface area (Å²) >= 11 is 0. The van der Waals surface area contributed by atoms with Crippen LogP contribution in [0.3, 0.4) is 0 Å². The number of amides is 1. The second-order valence-electron chi connectivity index (χ2n) is 5.87. The molecule has 0 radical (unpaired) electrons. The van der Waals surface area contributed by atoms with Gasteiger partial charge in [0.15, 0.2) is 11.5 Å². The Morgan fingerprint density at radius 1 is 1.12 bits per heavy atom. The molecule has 7 nitrogen and oxygen atoms in total. The highest BCUT2D eigenvalue weighted by Crippen LogP contribution is 2.30. The van der Waals surface area contributed by atoms with Crippen LogP contribution in [0, 0.1) is 0 Å². The molecule has 7 heteroatoms. The normalized spacial score (nSPS) is 13.8. The van der Waals surface area contributed by atoms with Gasteiger partial charge in [-0.3, -0.25) is 4.79 Å². The molecule has 3 aromatic rings. The molecule has 0 aliphatic carbocycles. The summed E-state index contributed by atoms with van der Waals surface area (Å²) in [6, 6.07) is 14.9. The number of nitrogens with one attached hydrogen (secondary N) is 1. The van der Waals surface area contributed by atoms with Crippen molar-refractivity contribution in [1.29, 1.82) is 0 Å². The van der Waals surface area contributed by atoms with Gasteiger partial charge in [-0.15, -0.1) is 0 Å². The van der Waals surface area contributed by atoms with Gasteiger partial charge in [0.1, 0.15) is 25.9 Å². The molecule has 0 spiro atoms. The molecule has 1 aliphatic heterocycles. The van der Waals surface area contributed by atoms with Crippen LogP contribution in [-0.2, 0) is 0 Å². The first-order valence-electron chi connectivity index (χ1n) is 8.38. The zero-order valence-electron chi connectivity index (χ0n) is 14.0. The summed E-state index contributed by atoms with van der Waals surface area (Å²) in [5.41, 5.74) is 1.57. The lowest BCUT2D eigenvalue weighted by atomic mass is 10.1. The first-order chi connectivity index (χ1) is 12.8. The average Bonchev–Trinajstić information content (AvgIpc) is 3.23. The zero-order valence-corrected chi connectivity index (χ0v) is 14.0. The van der Waals surface area contributed by atoms with Gasteiger partial charge < -0.3 is 14.8 Å². The molecule has 2 aromatic carbocycles. The van der Waals surface area contributed by atoms with Gasteiger partial charge in [0, 0.05) is 12.1 Å². The quantitative estimate of drug-likeness (QED) is 0.762. The van der Waals surface area contributed by atoms with E-state index < -0.39 is 0 Å². The summed E-state index contributed by atoms with van der Waals surface area (Å²) in [6.07, 6.45) is 3.13. The molecule has 0 bridgehead atoms. The fourth-order valence-corrected chi connectivity index (χ4v) is 2.89. The summed E-state index contributed by atoms with van der Waals surface area (Å²) in [4.78, 5) is 16.6. The second-order valence-corrected chi connectivity index (χ2v) is 5.87. The Balaban J connectivity index is 1.50. The van der Waals surface area contributed by atoms with Crippen molar-refractivity contribution < 1.29 is 14.3 Å². The average molecular weight is 350 g/mol. The van der Waals surface area contributed by atoms with Crippen molar-refractivity contribution in [3.8, 4) is 11.5 Å². The number of hydrogen-bond donors (Lipinski definition) is 1. The van der Waals surface area contributed by atoms with Gasteiger partial charge in [0.2, 0.25) is 0 Å². The lowest BCUT2D eigenvalue weighted by Crippen LogP contribution is -2.31. The summed E-state index contributed by atoms with van der Waals surface area (Å²) in [5, 5.41) is 7.19. The van der Waals surface area contributed by atoms with Gasteiger partial charge in [-0.25, -0.2) is 9.67 Å². The first kappa shape index (κ1) is 16.1. The van der Waals surface area contributed by atoms with E-state index >= 15 is 0 Å². The summed E-state index contributed by atoms with van der Waals surface area (Å²) in [6.45, 7) is 1.40. The number of ether oxygens (including phenoxy) is 2. The van der Waals surface area contributed by atoms with Crippen molar-refractivity contribution in [3.05, 3.63) is 72.3 Å². The Morgan fingerprint density at radius 2 is 1.92 bits per heavy atom. The predicted molar refractivity (Wildman–Crippen MR) is 94.4 cm³/mol. The topological polar surface area (TPSA) is 78.3 Å². The highest BCUT2D eigenvalue weighted by atomic mass is 16.6. The van der Waals surface area contributed by atoms with Crippen LogP contribution >= 0.6 is 0 Å². The molecule has 132 valence electrons. The standard InChI is InChI=1S/C19H18N4O3/c24-19(15-6-7-17-18(10-15)26-9-8-25-17)21-11-16(23-13-20-12-22-23)14-4-2-1-3-5-14/h1-7,10,12-13,16H,8-9,11H2,(H,21,24). The van der Waals surface area contributed by atoms with Gasteiger partial charge in [-0.05, 0) is 23.8 Å². The fourth-order valence-electron chi connectivity index (χ4n) is 2.89. The van der Waals surface area contributed by atoms with E-state index in [9.17, 15) is 4.79 Å². The highest BCUT2D eigenvalue weighted by Gasteiger charge is 2.18. The van der Waals surface area contributed by atoms with Crippen molar-refractivity contribution in [3.63, 3.8) is 0 Å². The minimum absolute atomic E-state index is 0.139. The SMILES string of the molecule is O=C(NCC(c1ccccc1)n1cncn1)c1ccc2c(c1)OCCO2. The van der Waals surface area contributed by atoms with Crippen LogP contribution in [0.1, 0.15) is 22.0 Å². The van der Waals surface area contributed by atoms with E-state index in [1.165, 1.54) is 6.33 Å². The molecule has 26 heavy (non-hydrogen) atoms. The van der Waals surface area contributed by atoms with E-state index in [0.717, 1.165) is 5.56 Å². The van der Waals surface area contributed by atoms with Gasteiger partial charge >= 0.3 is 0 Å². The number of benzene rings is 2. The minimum Gasteiger partial charge on any atom is -0.486 e. The zero-order chi connectivity index (χ0) is 17.8. The van der Waals surface area contributed by atoms with Crippen LogP contribution in [0.25, 0.3) is 0 Å². The molecule has 1 aromatic heterocycles. The highest BCUT2D eigenvalue weighted by molar-refractivity contribution is 5.94. The summed E-state index contributed by atoms with van der Waals surface area (Å²) < 4.78 is 12.8. The molecule has 0 saturated heterocycles. The molecule has 0 saturated carbocycles.